The third kappa shape index (κ3) is 19.4. The highest BCUT2D eigenvalue weighted by atomic mass is 16.4. The molecule has 0 radical (unpaired) electrons. The van der Waals surface area contributed by atoms with Gasteiger partial charge in [-0.2, -0.15) is 0 Å². The van der Waals surface area contributed by atoms with Crippen LogP contribution in [0, 0.1) is 0 Å². The second-order valence-corrected chi connectivity index (χ2v) is 8.69. The molecule has 0 saturated carbocycles. The Balaban J connectivity index is 4.16. The van der Waals surface area contributed by atoms with Crippen LogP contribution in [0.1, 0.15) is 92.9 Å². The van der Waals surface area contributed by atoms with Gasteiger partial charge in [0.1, 0.15) is 6.54 Å². The number of allylic oxidation sites excluding steroid dienone is 9. The van der Waals surface area contributed by atoms with Crippen LogP contribution in [-0.2, 0) is 9.59 Å². The third-order valence-corrected chi connectivity index (χ3v) is 4.98. The normalized spacial score (nSPS) is 13.2. The second-order valence-electron chi connectivity index (χ2n) is 8.69. The van der Waals surface area contributed by atoms with E-state index in [0.717, 1.165) is 56.9 Å². The standard InChI is InChI=1S/C27H43NO3/c1-21(2)11-7-12-22(3)13-8-14-23(4)15-9-16-24(5)17-10-18-25(6)19-26(29)28-20-27(30)31/h11,13,15,17,19H,7-10,12,14,16,18,20H2,1-6H3,(H,28,29)(H,30,31). The zero-order chi connectivity index (χ0) is 23.6. The molecule has 0 aromatic carbocycles. The first-order chi connectivity index (χ1) is 14.6. The Morgan fingerprint density at radius 3 is 1.42 bits per heavy atom. The van der Waals surface area contributed by atoms with Crippen molar-refractivity contribution in [3.05, 3.63) is 58.2 Å². The van der Waals surface area contributed by atoms with Gasteiger partial charge in [0.15, 0.2) is 0 Å². The predicted octanol–water partition coefficient (Wildman–Crippen LogP) is 7.06. The highest BCUT2D eigenvalue weighted by molar-refractivity contribution is 5.90. The van der Waals surface area contributed by atoms with E-state index in [1.807, 2.05) is 6.92 Å². The molecule has 4 heteroatoms. The smallest absolute Gasteiger partial charge is 0.322 e. The van der Waals surface area contributed by atoms with E-state index >= 15 is 0 Å². The van der Waals surface area contributed by atoms with Crippen LogP contribution < -0.4 is 5.32 Å². The van der Waals surface area contributed by atoms with Crippen LogP contribution in [0.3, 0.4) is 0 Å². The average molecular weight is 430 g/mol. The number of nitrogens with one attached hydrogen (secondary N) is 1. The predicted molar refractivity (Wildman–Crippen MR) is 132 cm³/mol. The third-order valence-electron chi connectivity index (χ3n) is 4.98. The number of aliphatic carboxylic acids is 1. The van der Waals surface area contributed by atoms with Crippen molar-refractivity contribution < 1.29 is 14.7 Å². The molecule has 0 aromatic rings. The van der Waals surface area contributed by atoms with Crippen LogP contribution in [0.2, 0.25) is 0 Å². The second kappa shape index (κ2) is 17.3. The van der Waals surface area contributed by atoms with Crippen molar-refractivity contribution in [2.45, 2.75) is 92.9 Å². The van der Waals surface area contributed by atoms with Crippen molar-refractivity contribution in [1.29, 1.82) is 0 Å². The maximum absolute atomic E-state index is 11.6. The molecular formula is C27H43NO3. The molecule has 0 saturated heterocycles. The van der Waals surface area contributed by atoms with Crippen molar-refractivity contribution in [3.8, 4) is 0 Å². The Labute approximate surface area is 189 Å². The zero-order valence-electron chi connectivity index (χ0n) is 20.5. The molecule has 0 rings (SSSR count). The summed E-state index contributed by atoms with van der Waals surface area (Å²) < 4.78 is 0. The highest BCUT2D eigenvalue weighted by Crippen LogP contribution is 2.14. The Hall–Kier alpha value is -2.36. The van der Waals surface area contributed by atoms with Crippen LogP contribution in [0.5, 0.6) is 0 Å². The molecule has 0 bridgehead atoms. The fourth-order valence-corrected chi connectivity index (χ4v) is 3.04. The van der Waals surface area contributed by atoms with Gasteiger partial charge in [0.25, 0.3) is 0 Å². The first-order valence-electron chi connectivity index (χ1n) is 11.4. The lowest BCUT2D eigenvalue weighted by Crippen LogP contribution is -2.27. The maximum atomic E-state index is 11.6. The van der Waals surface area contributed by atoms with Crippen molar-refractivity contribution in [2.75, 3.05) is 6.54 Å². The number of hydrogen-bond acceptors (Lipinski definition) is 2. The van der Waals surface area contributed by atoms with E-state index in [-0.39, 0.29) is 12.5 Å². The number of hydrogen-bond donors (Lipinski definition) is 2. The molecule has 0 unspecified atom stereocenters. The lowest BCUT2D eigenvalue weighted by atomic mass is 10.0. The van der Waals surface area contributed by atoms with Crippen molar-refractivity contribution in [2.24, 2.45) is 0 Å². The number of carboxylic acid groups (broad SMARTS) is 1. The molecule has 0 aromatic heterocycles. The van der Waals surface area contributed by atoms with Gasteiger partial charge in [-0.15, -0.1) is 0 Å². The molecule has 0 fully saturated rings. The van der Waals surface area contributed by atoms with E-state index in [4.69, 9.17) is 5.11 Å². The minimum absolute atomic E-state index is 0.346. The quantitative estimate of drug-likeness (QED) is 0.216. The van der Waals surface area contributed by atoms with E-state index in [9.17, 15) is 9.59 Å². The Morgan fingerprint density at radius 1 is 0.645 bits per heavy atom. The van der Waals surface area contributed by atoms with Crippen LogP contribution in [0.15, 0.2) is 58.2 Å². The Bertz CT molecular complexity index is 717. The van der Waals surface area contributed by atoms with Gasteiger partial charge in [-0.25, -0.2) is 0 Å². The molecular weight excluding hydrogens is 386 g/mol. The first-order valence-corrected chi connectivity index (χ1v) is 11.4. The number of carbonyl (C=O) groups excluding carboxylic acids is 1. The fourth-order valence-electron chi connectivity index (χ4n) is 3.04. The van der Waals surface area contributed by atoms with E-state index in [1.54, 1.807) is 0 Å². The summed E-state index contributed by atoms with van der Waals surface area (Å²) in [6.45, 7) is 12.4. The van der Waals surface area contributed by atoms with Gasteiger partial charge in [-0.1, -0.05) is 52.2 Å². The van der Waals surface area contributed by atoms with Crippen molar-refractivity contribution >= 4 is 11.9 Å². The van der Waals surface area contributed by atoms with Crippen molar-refractivity contribution in [1.82, 2.24) is 5.32 Å². The summed E-state index contributed by atoms with van der Waals surface area (Å²) in [6.07, 6.45) is 19.1. The van der Waals surface area contributed by atoms with Gasteiger partial charge >= 0.3 is 5.97 Å². The molecule has 0 spiro atoms. The first kappa shape index (κ1) is 28.6. The molecule has 0 aliphatic carbocycles. The Morgan fingerprint density at radius 2 is 1.03 bits per heavy atom. The van der Waals surface area contributed by atoms with Gasteiger partial charge in [-0.3, -0.25) is 9.59 Å². The van der Waals surface area contributed by atoms with Crippen molar-refractivity contribution in [3.63, 3.8) is 0 Å². The molecule has 0 heterocycles. The summed E-state index contributed by atoms with van der Waals surface area (Å²) in [4.78, 5) is 22.0. The Kier molecular flexibility index (Phi) is 16.0. The topological polar surface area (TPSA) is 66.4 Å². The fraction of sp³-hybridized carbons (Fsp3) is 0.556. The molecule has 174 valence electrons. The van der Waals surface area contributed by atoms with Gasteiger partial charge in [-0.05, 0) is 92.9 Å². The van der Waals surface area contributed by atoms with Crippen LogP contribution >= 0.6 is 0 Å². The summed E-state index contributed by atoms with van der Waals surface area (Å²) in [5, 5.41) is 10.9. The van der Waals surface area contributed by atoms with Crippen LogP contribution in [-0.4, -0.2) is 23.5 Å². The van der Waals surface area contributed by atoms with E-state index in [2.05, 4.69) is 64.2 Å². The molecule has 4 nitrogen and oxygen atoms in total. The molecule has 0 atom stereocenters. The lowest BCUT2D eigenvalue weighted by Gasteiger charge is -2.03. The van der Waals surface area contributed by atoms with Gasteiger partial charge in [0.2, 0.25) is 5.91 Å². The highest BCUT2D eigenvalue weighted by Gasteiger charge is 2.01. The lowest BCUT2D eigenvalue weighted by molar-refractivity contribution is -0.137. The molecule has 0 aliphatic rings. The molecule has 31 heavy (non-hydrogen) atoms. The summed E-state index contributed by atoms with van der Waals surface area (Å²) in [7, 11) is 0. The average Bonchev–Trinajstić information content (AvgIpc) is 2.66. The monoisotopic (exact) mass is 429 g/mol. The number of amides is 1. The zero-order valence-corrected chi connectivity index (χ0v) is 20.5. The molecule has 0 aliphatic heterocycles. The maximum Gasteiger partial charge on any atom is 0.322 e. The summed E-state index contributed by atoms with van der Waals surface area (Å²) in [5.41, 5.74) is 6.64. The minimum Gasteiger partial charge on any atom is -0.480 e. The van der Waals surface area contributed by atoms with Gasteiger partial charge in [0.05, 0.1) is 0 Å². The summed E-state index contributed by atoms with van der Waals surface area (Å²) in [5.74, 6) is -1.39. The minimum atomic E-state index is -1.04. The van der Waals surface area contributed by atoms with Gasteiger partial charge in [0, 0.05) is 6.08 Å². The number of rotatable bonds is 15. The van der Waals surface area contributed by atoms with Gasteiger partial charge < -0.3 is 10.4 Å². The van der Waals surface area contributed by atoms with E-state index in [1.165, 1.54) is 28.4 Å². The molecule has 1 amide bonds. The van der Waals surface area contributed by atoms with Crippen LogP contribution in [0.25, 0.3) is 0 Å². The SMILES string of the molecule is CC(C)=CCCC(C)=CCCC(C)=CCCC(C)=CCCC(C)=CC(=O)NCC(=O)O. The largest absolute Gasteiger partial charge is 0.480 e. The van der Waals surface area contributed by atoms with E-state index in [0.29, 0.717) is 0 Å². The summed E-state index contributed by atoms with van der Waals surface area (Å²) >= 11 is 0. The summed E-state index contributed by atoms with van der Waals surface area (Å²) in [6, 6.07) is 0. The number of carboxylic acids is 1. The van der Waals surface area contributed by atoms with E-state index < -0.39 is 5.97 Å². The number of carbonyl (C=O) groups is 2. The van der Waals surface area contributed by atoms with Crippen LogP contribution in [0.4, 0.5) is 0 Å². The molecule has 2 N–H and O–H groups in total.